The van der Waals surface area contributed by atoms with Crippen molar-refractivity contribution in [2.45, 2.75) is 68.9 Å². The number of allylic oxidation sites excluding steroid dienone is 2. The highest BCUT2D eigenvalue weighted by Crippen LogP contribution is 2.77. The minimum absolute atomic E-state index is 0.0221. The monoisotopic (exact) mass is 380 g/mol. The number of fused-ring (bicyclic) bond motifs is 2. The highest BCUT2D eigenvalue weighted by molar-refractivity contribution is 6.01. The maximum Gasteiger partial charge on any atom is 0.254 e. The smallest absolute Gasteiger partial charge is 0.254 e. The normalized spacial score (nSPS) is 54.8. The summed E-state index contributed by atoms with van der Waals surface area (Å²) in [7, 11) is 0. The first-order chi connectivity index (χ1) is 13.5. The van der Waals surface area contributed by atoms with Crippen LogP contribution in [-0.2, 0) is 4.74 Å². The molecule has 2 saturated heterocycles. The summed E-state index contributed by atoms with van der Waals surface area (Å²) in [4.78, 5) is 7.75. The molecule has 3 heterocycles. The van der Waals surface area contributed by atoms with Gasteiger partial charge in [0.25, 0.3) is 5.92 Å². The fraction of sp³-hybridized carbons (Fsp3) is 0.652. The van der Waals surface area contributed by atoms with Gasteiger partial charge in [0.15, 0.2) is 0 Å². The average Bonchev–Trinajstić information content (AvgIpc) is 2.99. The lowest BCUT2D eigenvalue weighted by Crippen LogP contribution is -2.98. The Hall–Kier alpha value is -1.71. The largest absolute Gasteiger partial charge is 0.373 e. The zero-order chi connectivity index (χ0) is 18.6. The van der Waals surface area contributed by atoms with E-state index in [0.717, 1.165) is 24.1 Å². The van der Waals surface area contributed by atoms with Gasteiger partial charge in [-0.05, 0) is 62.0 Å². The van der Waals surface area contributed by atoms with E-state index in [1.54, 1.807) is 0 Å². The van der Waals surface area contributed by atoms with E-state index in [9.17, 15) is 8.78 Å². The third-order valence-corrected chi connectivity index (χ3v) is 9.32. The lowest BCUT2D eigenvalue weighted by atomic mass is 9.36. The Bertz CT molecular complexity index is 980. The first-order valence-electron chi connectivity index (χ1n) is 10.8. The van der Waals surface area contributed by atoms with Crippen molar-refractivity contribution in [2.24, 2.45) is 28.2 Å². The van der Waals surface area contributed by atoms with Crippen LogP contribution in [0.4, 0.5) is 8.78 Å². The quantitative estimate of drug-likeness (QED) is 0.684. The number of hydrogen-bond acceptors (Lipinski definition) is 3. The molecule has 7 atom stereocenters. The van der Waals surface area contributed by atoms with Gasteiger partial charge in [0, 0.05) is 41.2 Å². The van der Waals surface area contributed by atoms with Crippen LogP contribution in [0, 0.1) is 23.2 Å². The molecule has 7 unspecified atom stereocenters. The van der Waals surface area contributed by atoms with E-state index in [4.69, 9.17) is 9.73 Å². The third-order valence-electron chi connectivity index (χ3n) is 9.32. The summed E-state index contributed by atoms with van der Waals surface area (Å²) >= 11 is 0. The summed E-state index contributed by atoms with van der Waals surface area (Å²) < 4.78 is 33.2. The standard InChI is InChI=1S/C23H22F2N2O/c1-10-2-3-11-7-15(12-5-13-14(6-12)23(13,24)25)26-21(11)16(4-10)27-17-8-19-22(17)18(27)9-20(22)28-19/h3-4,7,12-14,17-21H,5-6,8-9H2,1H3. The minimum Gasteiger partial charge on any atom is -0.373 e. The first kappa shape index (κ1) is 15.2. The van der Waals surface area contributed by atoms with Crippen LogP contribution in [0.2, 0.25) is 0 Å². The number of ether oxygens (including phenoxy) is 1. The summed E-state index contributed by atoms with van der Waals surface area (Å²) in [5.74, 6) is -3.00. The second-order valence-corrected chi connectivity index (χ2v) is 10.2. The van der Waals surface area contributed by atoms with Crippen LogP contribution in [0.15, 0.2) is 45.8 Å². The van der Waals surface area contributed by atoms with E-state index >= 15 is 0 Å². The molecule has 0 radical (unpaired) electrons. The van der Waals surface area contributed by atoms with Gasteiger partial charge in [-0.15, -0.1) is 5.73 Å². The van der Waals surface area contributed by atoms with E-state index in [0.29, 0.717) is 42.5 Å². The van der Waals surface area contributed by atoms with Gasteiger partial charge < -0.3 is 9.64 Å². The summed E-state index contributed by atoms with van der Waals surface area (Å²) in [5.41, 5.74) is 8.54. The topological polar surface area (TPSA) is 24.8 Å². The van der Waals surface area contributed by atoms with Gasteiger partial charge in [-0.1, -0.05) is 0 Å². The molecule has 5 heteroatoms. The molecule has 4 saturated carbocycles. The molecular weight excluding hydrogens is 358 g/mol. The molecule has 1 spiro atoms. The van der Waals surface area contributed by atoms with Crippen LogP contribution in [0.3, 0.4) is 0 Å². The van der Waals surface area contributed by atoms with Gasteiger partial charge in [-0.3, -0.25) is 4.99 Å². The number of aliphatic imine (C=N–C) groups is 1. The number of hydrogen-bond donors (Lipinski definition) is 0. The number of nitrogens with zero attached hydrogens (tertiary/aromatic N) is 2. The van der Waals surface area contributed by atoms with E-state index in [-0.39, 0.29) is 12.0 Å². The highest BCUT2D eigenvalue weighted by Gasteiger charge is 2.87. The molecule has 0 bridgehead atoms. The molecule has 0 N–H and O–H groups in total. The molecule has 6 fully saturated rings. The van der Waals surface area contributed by atoms with E-state index in [1.165, 1.54) is 11.3 Å². The van der Waals surface area contributed by atoms with E-state index < -0.39 is 17.8 Å². The lowest BCUT2D eigenvalue weighted by Gasteiger charge is -2.88. The predicted molar refractivity (Wildman–Crippen MR) is 99.1 cm³/mol. The molecule has 0 aromatic rings. The van der Waals surface area contributed by atoms with Gasteiger partial charge in [0.1, 0.15) is 6.04 Å². The van der Waals surface area contributed by atoms with Gasteiger partial charge in [-0.25, -0.2) is 8.78 Å². The second kappa shape index (κ2) is 4.24. The third kappa shape index (κ3) is 1.39. The Kier molecular flexibility index (Phi) is 2.30. The fourth-order valence-corrected chi connectivity index (χ4v) is 7.77. The van der Waals surface area contributed by atoms with Crippen LogP contribution in [0.1, 0.15) is 32.6 Å². The highest BCUT2D eigenvalue weighted by atomic mass is 19.3. The number of likely N-dealkylation sites (tertiary alicyclic amines) is 1. The first-order valence-corrected chi connectivity index (χ1v) is 10.8. The average molecular weight is 380 g/mol. The maximum absolute atomic E-state index is 13.6. The molecular formula is C23H22F2N2O. The number of piperidine rings is 2. The Labute approximate surface area is 162 Å². The molecule has 0 aromatic carbocycles. The molecule has 28 heavy (non-hydrogen) atoms. The Morgan fingerprint density at radius 3 is 2.50 bits per heavy atom. The van der Waals surface area contributed by atoms with Gasteiger partial charge in [0.05, 0.1) is 17.6 Å². The molecule has 3 nitrogen and oxygen atoms in total. The van der Waals surface area contributed by atoms with Gasteiger partial charge >= 0.3 is 0 Å². The van der Waals surface area contributed by atoms with Crippen molar-refractivity contribution in [2.75, 3.05) is 0 Å². The van der Waals surface area contributed by atoms with Crippen molar-refractivity contribution >= 4 is 5.71 Å². The SMILES string of the molecule is CC1=C=CC2=CC(C3CC4C(C3)C4(F)F)=NC2C(N2C3CC4OC5CC2C453)=C1. The zero-order valence-corrected chi connectivity index (χ0v) is 15.7. The molecule has 0 aromatic heterocycles. The molecule has 8 aliphatic rings. The maximum atomic E-state index is 13.6. The molecule has 3 aliphatic heterocycles. The Morgan fingerprint density at radius 2 is 1.82 bits per heavy atom. The van der Waals surface area contributed by atoms with Crippen molar-refractivity contribution < 1.29 is 13.5 Å². The van der Waals surface area contributed by atoms with Crippen molar-refractivity contribution in [1.29, 1.82) is 0 Å². The minimum atomic E-state index is -2.41. The van der Waals surface area contributed by atoms with Gasteiger partial charge in [-0.2, -0.15) is 0 Å². The van der Waals surface area contributed by atoms with Crippen molar-refractivity contribution in [3.05, 3.63) is 40.8 Å². The van der Waals surface area contributed by atoms with Crippen LogP contribution in [0.5, 0.6) is 0 Å². The fourth-order valence-electron chi connectivity index (χ4n) is 7.77. The van der Waals surface area contributed by atoms with Crippen molar-refractivity contribution in [1.82, 2.24) is 4.90 Å². The molecule has 8 rings (SSSR count). The zero-order valence-electron chi connectivity index (χ0n) is 15.7. The van der Waals surface area contributed by atoms with E-state index in [2.05, 4.69) is 35.8 Å². The Morgan fingerprint density at radius 1 is 1.11 bits per heavy atom. The van der Waals surface area contributed by atoms with Crippen LogP contribution in [-0.4, -0.2) is 46.9 Å². The predicted octanol–water partition coefficient (Wildman–Crippen LogP) is 3.64. The van der Waals surface area contributed by atoms with Crippen LogP contribution >= 0.6 is 0 Å². The van der Waals surface area contributed by atoms with Crippen LogP contribution in [0.25, 0.3) is 0 Å². The summed E-state index contributed by atoms with van der Waals surface area (Å²) in [6.07, 6.45) is 11.0. The lowest BCUT2D eigenvalue weighted by molar-refractivity contribution is -0.468. The Balaban J connectivity index is 1.13. The molecule has 0 amide bonds. The molecule has 144 valence electrons. The number of halogens is 2. The summed E-state index contributed by atoms with van der Waals surface area (Å²) in [5, 5.41) is 0. The summed E-state index contributed by atoms with van der Waals surface area (Å²) in [6, 6.07) is 1.25. The van der Waals surface area contributed by atoms with Crippen LogP contribution < -0.4 is 0 Å². The van der Waals surface area contributed by atoms with Gasteiger partial charge in [0.2, 0.25) is 0 Å². The summed E-state index contributed by atoms with van der Waals surface area (Å²) in [6.45, 7) is 2.10. The molecule has 5 aliphatic carbocycles. The number of alkyl halides is 2. The second-order valence-electron chi connectivity index (χ2n) is 10.2. The van der Waals surface area contributed by atoms with Crippen molar-refractivity contribution in [3.8, 4) is 0 Å². The van der Waals surface area contributed by atoms with E-state index in [1.807, 2.05) is 0 Å². The van der Waals surface area contributed by atoms with Crippen molar-refractivity contribution in [3.63, 3.8) is 0 Å². The number of rotatable bonds is 2.